The molecule has 2 N–H and O–H groups in total. The molecule has 0 bridgehead atoms. The minimum absolute atomic E-state index is 0.0647. The van der Waals surface area contributed by atoms with Crippen LogP contribution in [0.3, 0.4) is 0 Å². The zero-order valence-corrected chi connectivity index (χ0v) is 34.0. The van der Waals surface area contributed by atoms with Crippen molar-refractivity contribution in [1.29, 1.82) is 0 Å². The lowest BCUT2D eigenvalue weighted by molar-refractivity contribution is -0.141. The summed E-state index contributed by atoms with van der Waals surface area (Å²) in [4.78, 5) is 31.0. The summed E-state index contributed by atoms with van der Waals surface area (Å²) in [5, 5.41) is 0. The first-order valence-electron chi connectivity index (χ1n) is 15.0. The number of piperazine rings is 1. The van der Waals surface area contributed by atoms with Crippen LogP contribution in [0.25, 0.3) is 0 Å². The van der Waals surface area contributed by atoms with E-state index in [1.54, 1.807) is 61.4 Å². The molecule has 4 rings (SSSR count). The van der Waals surface area contributed by atoms with Crippen molar-refractivity contribution >= 4 is 96.5 Å². The monoisotopic (exact) mass is 832 g/mol. The number of nitrogens with zero attached hydrogens (tertiary/aromatic N) is 3. The molecule has 0 radical (unpaired) electrons. The molecule has 0 saturated carbocycles. The second kappa shape index (κ2) is 20.1. The molecule has 2 aliphatic rings. The van der Waals surface area contributed by atoms with E-state index >= 15 is 0 Å². The van der Waals surface area contributed by atoms with Gasteiger partial charge in [-0.1, -0.05) is 63.2 Å². The third-order valence-corrected chi connectivity index (χ3v) is 21.7. The normalized spacial score (nSPS) is 18.0. The van der Waals surface area contributed by atoms with Crippen molar-refractivity contribution in [3.05, 3.63) is 71.3 Å². The third-order valence-electron chi connectivity index (χ3n) is 8.32. The smallest absolute Gasteiger partial charge is 0.351 e. The summed E-state index contributed by atoms with van der Waals surface area (Å²) in [5.41, 5.74) is 6.33. The molecule has 6 nitrogen and oxygen atoms in total. The van der Waals surface area contributed by atoms with Crippen LogP contribution < -0.4 is 5.73 Å². The third kappa shape index (κ3) is 12.9. The van der Waals surface area contributed by atoms with Gasteiger partial charge in [0.25, 0.3) is 0 Å². The molecule has 0 aromatic heterocycles. The van der Waals surface area contributed by atoms with Crippen LogP contribution in [0.1, 0.15) is 62.8 Å². The molecule has 2 aromatic carbocycles. The van der Waals surface area contributed by atoms with Crippen molar-refractivity contribution in [2.45, 2.75) is 58.3 Å². The number of rotatable bonds is 5. The van der Waals surface area contributed by atoms with Crippen LogP contribution in [0.4, 0.5) is 18.0 Å². The van der Waals surface area contributed by atoms with Crippen LogP contribution in [0.15, 0.2) is 54.6 Å². The van der Waals surface area contributed by atoms with Gasteiger partial charge in [0.05, 0.1) is 11.6 Å². The molecule has 0 spiro atoms. The maximum atomic E-state index is 13.6. The molecule has 266 valence electrons. The molecule has 2 atom stereocenters. The van der Waals surface area contributed by atoms with Gasteiger partial charge in [-0.15, -0.1) is 0 Å². The SMILES string of the molecule is CC(C)(C)[C@H]1CN(C(c2ccccc2)c2ccc(C(F)(F)F)cc2)CCN1C(=O)CC1CCN(C(N)=O)CC1.S=S=S=S=S=S=S=S=S. The zero-order chi connectivity index (χ0) is 35.3. The predicted octanol–water partition coefficient (Wildman–Crippen LogP) is 5.51. The fourth-order valence-electron chi connectivity index (χ4n) is 5.96. The number of carbonyl (C=O) groups excluding carboxylic acids is 2. The Labute approximate surface area is 310 Å². The number of benzene rings is 2. The number of amides is 3. The number of carbonyl (C=O) groups is 2. The number of hydrogen-bond acceptors (Lipinski definition) is 5. The quantitative estimate of drug-likeness (QED) is 0.431. The van der Waals surface area contributed by atoms with Crippen molar-refractivity contribution in [2.75, 3.05) is 32.7 Å². The van der Waals surface area contributed by atoms with Crippen molar-refractivity contribution in [3.8, 4) is 0 Å². The molecule has 18 heteroatoms. The van der Waals surface area contributed by atoms with Gasteiger partial charge in [-0.2, -0.15) is 13.2 Å². The van der Waals surface area contributed by atoms with Gasteiger partial charge in [0, 0.05) is 130 Å². The Morgan fingerprint density at radius 2 is 1.38 bits per heavy atom. The Bertz CT molecular complexity index is 1660. The van der Waals surface area contributed by atoms with E-state index in [2.05, 4.69) is 48.0 Å². The largest absolute Gasteiger partial charge is 0.416 e. The average molecular weight is 833 g/mol. The Morgan fingerprint density at radius 1 is 0.833 bits per heavy atom. The lowest BCUT2D eigenvalue weighted by atomic mass is 9.82. The fraction of sp³-hybridized carbons (Fsp3) is 0.533. The highest BCUT2D eigenvalue weighted by Crippen LogP contribution is 2.37. The second-order valence-corrected chi connectivity index (χ2v) is 24.7. The molecule has 0 aliphatic carbocycles. The van der Waals surface area contributed by atoms with Crippen LogP contribution >= 0.6 is 0 Å². The molecular weight excluding hydrogens is 794 g/mol. The average Bonchev–Trinajstić information content (AvgIpc) is 3.05. The summed E-state index contributed by atoms with van der Waals surface area (Å²) >= 11 is 9.27. The summed E-state index contributed by atoms with van der Waals surface area (Å²) in [6, 6.07) is 14.6. The van der Waals surface area contributed by atoms with Crippen molar-refractivity contribution in [1.82, 2.24) is 14.7 Å². The highest BCUT2D eigenvalue weighted by molar-refractivity contribution is 8.72. The highest BCUT2D eigenvalue weighted by Gasteiger charge is 2.41. The maximum absolute atomic E-state index is 13.6. The van der Waals surface area contributed by atoms with E-state index in [0.717, 1.165) is 36.1 Å². The Morgan fingerprint density at radius 3 is 1.88 bits per heavy atom. The number of piperidine rings is 1. The van der Waals surface area contributed by atoms with Crippen molar-refractivity contribution in [3.63, 3.8) is 0 Å². The van der Waals surface area contributed by atoms with E-state index in [9.17, 15) is 22.8 Å². The molecule has 1 unspecified atom stereocenters. The Kier molecular flexibility index (Phi) is 17.3. The summed E-state index contributed by atoms with van der Waals surface area (Å²) in [5.74, 6) is 0.342. The van der Waals surface area contributed by atoms with Gasteiger partial charge in [-0.3, -0.25) is 9.69 Å². The topological polar surface area (TPSA) is 69.9 Å². The minimum atomic E-state index is -4.39. The van der Waals surface area contributed by atoms with Crippen LogP contribution in [0, 0.1) is 11.3 Å². The van der Waals surface area contributed by atoms with E-state index in [1.165, 1.54) is 17.8 Å². The number of nitrogens with two attached hydrogens (primary N) is 1. The van der Waals surface area contributed by atoms with Gasteiger partial charge in [0.15, 0.2) is 0 Å². The van der Waals surface area contributed by atoms with Gasteiger partial charge in [-0.05, 0) is 47.4 Å². The van der Waals surface area contributed by atoms with Crippen LogP contribution in [0.2, 0.25) is 0 Å². The van der Waals surface area contributed by atoms with E-state index in [0.29, 0.717) is 39.1 Å². The van der Waals surface area contributed by atoms with Crippen molar-refractivity contribution < 1.29 is 22.8 Å². The van der Waals surface area contributed by atoms with Gasteiger partial charge in [-0.25, -0.2) is 4.79 Å². The number of alkyl halides is 3. The second-order valence-electron chi connectivity index (χ2n) is 12.3. The van der Waals surface area contributed by atoms with Gasteiger partial charge < -0.3 is 15.5 Å². The first-order chi connectivity index (χ1) is 22.8. The molecule has 2 fully saturated rings. The zero-order valence-electron chi connectivity index (χ0n) is 26.6. The highest BCUT2D eigenvalue weighted by atomic mass is 33.4. The van der Waals surface area contributed by atoms with Crippen LogP contribution in [-0.4, -0.2) is 65.4 Å². The number of urea groups is 1. The van der Waals surface area contributed by atoms with Crippen LogP contribution in [-0.2, 0) is 95.5 Å². The van der Waals surface area contributed by atoms with E-state index in [-0.39, 0.29) is 29.3 Å². The summed E-state index contributed by atoms with van der Waals surface area (Å²) in [6.07, 6.45) is -2.42. The standard InChI is InChI=1S/C30H39F3N4O2.S9/c1-29(2,3)25-20-36(17-18-37(25)26(38)19-21-13-15-35(16-14-21)28(34)39)27(22-7-5-4-6-8-22)23-9-11-24(12-10-23)30(31,32)33;1-3-5-7-9-8-6-4-2/h4-12,21,25,27H,13-20H2,1-3H3,(H2,34,39);/t25-,27?;/m1./s1. The molecular formula is C30H39F3N4O2S9. The molecule has 2 aromatic rings. The summed E-state index contributed by atoms with van der Waals surface area (Å²) in [6.45, 7) is 9.30. The van der Waals surface area contributed by atoms with Gasteiger partial charge >= 0.3 is 12.2 Å². The predicted molar refractivity (Wildman–Crippen MR) is 211 cm³/mol. The molecule has 3 amide bonds. The lowest BCUT2D eigenvalue weighted by Gasteiger charge is -2.50. The molecule has 48 heavy (non-hydrogen) atoms. The first-order valence-corrected chi connectivity index (χ1v) is 25.6. The van der Waals surface area contributed by atoms with Gasteiger partial charge in [0.1, 0.15) is 0 Å². The number of hydrogen-bond donors (Lipinski definition) is 1. The summed E-state index contributed by atoms with van der Waals surface area (Å²) in [7, 11) is 10.9. The molecule has 2 aliphatic heterocycles. The van der Waals surface area contributed by atoms with Crippen molar-refractivity contribution in [2.24, 2.45) is 17.1 Å². The molecule has 2 heterocycles. The van der Waals surface area contributed by atoms with E-state index in [4.69, 9.17) is 5.73 Å². The van der Waals surface area contributed by atoms with Crippen LogP contribution in [0.5, 0.6) is 0 Å². The number of likely N-dealkylation sites (tertiary alicyclic amines) is 1. The Hall–Kier alpha value is -1.09. The lowest BCUT2D eigenvalue weighted by Crippen LogP contribution is -2.60. The minimum Gasteiger partial charge on any atom is -0.351 e. The summed E-state index contributed by atoms with van der Waals surface area (Å²) < 4.78 is 39.8. The number of halogens is 3. The maximum Gasteiger partial charge on any atom is 0.416 e. The van der Waals surface area contributed by atoms with E-state index in [1.807, 2.05) is 35.2 Å². The fourth-order valence-corrected chi connectivity index (χ4v) is 19.7. The first kappa shape index (κ1) is 41.3. The van der Waals surface area contributed by atoms with E-state index < -0.39 is 17.8 Å². The molecule has 2 saturated heterocycles. The van der Waals surface area contributed by atoms with Gasteiger partial charge in [0.2, 0.25) is 5.91 Å². The Balaban J connectivity index is 0.000000609. The number of primary amides is 1.